The average Bonchev–Trinajstić information content (AvgIpc) is 2.50. The normalized spacial score (nSPS) is 21.9. The molecule has 5 nitrogen and oxygen atoms in total. The number of sulfone groups is 1. The molecule has 2 unspecified atom stereocenters. The van der Waals surface area contributed by atoms with Crippen molar-refractivity contribution in [3.63, 3.8) is 0 Å². The first-order valence-corrected chi connectivity index (χ1v) is 10.3. The summed E-state index contributed by atoms with van der Waals surface area (Å²) < 4.78 is 22.1. The molecular weight excluding hydrogens is 348 g/mol. The summed E-state index contributed by atoms with van der Waals surface area (Å²) in [6.45, 7) is 3.03. The fourth-order valence-electron chi connectivity index (χ4n) is 2.89. The molecule has 1 heterocycles. The van der Waals surface area contributed by atoms with E-state index < -0.39 is 9.84 Å². The first kappa shape index (κ1) is 18.8. The first-order chi connectivity index (χ1) is 11.3. The Morgan fingerprint density at radius 1 is 1.46 bits per heavy atom. The molecule has 2 amide bonds. The Kier molecular flexibility index (Phi) is 6.29. The highest BCUT2D eigenvalue weighted by Gasteiger charge is 2.30. The van der Waals surface area contributed by atoms with Crippen molar-refractivity contribution in [2.75, 3.05) is 19.3 Å². The fraction of sp³-hybridized carbons (Fsp3) is 0.471. The highest BCUT2D eigenvalue weighted by atomic mass is 35.5. The van der Waals surface area contributed by atoms with Gasteiger partial charge in [-0.15, -0.1) is 0 Å². The van der Waals surface area contributed by atoms with Gasteiger partial charge in [0.15, 0.2) is 9.84 Å². The highest BCUT2D eigenvalue weighted by molar-refractivity contribution is 7.93. The quantitative estimate of drug-likeness (QED) is 0.883. The van der Waals surface area contributed by atoms with Crippen LogP contribution in [0.3, 0.4) is 0 Å². The number of amides is 2. The van der Waals surface area contributed by atoms with Crippen molar-refractivity contribution >= 4 is 27.5 Å². The SMILES string of the molecule is CC1CCN(C(=O)NC/C=C/S(C)(=O)=O)C(c2cccc(Cl)c2)C1. The van der Waals surface area contributed by atoms with Gasteiger partial charge in [-0.2, -0.15) is 0 Å². The minimum atomic E-state index is -3.17. The lowest BCUT2D eigenvalue weighted by Gasteiger charge is -2.38. The van der Waals surface area contributed by atoms with Crippen molar-refractivity contribution in [2.24, 2.45) is 5.92 Å². The van der Waals surface area contributed by atoms with Gasteiger partial charge < -0.3 is 10.2 Å². The van der Waals surface area contributed by atoms with Crippen molar-refractivity contribution in [2.45, 2.75) is 25.8 Å². The van der Waals surface area contributed by atoms with Gasteiger partial charge in [-0.05, 0) is 36.5 Å². The Labute approximate surface area is 148 Å². The van der Waals surface area contributed by atoms with E-state index in [4.69, 9.17) is 11.6 Å². The largest absolute Gasteiger partial charge is 0.334 e. The van der Waals surface area contributed by atoms with Crippen molar-refractivity contribution in [1.29, 1.82) is 0 Å². The molecule has 1 aliphatic rings. The summed E-state index contributed by atoms with van der Waals surface area (Å²) in [5.41, 5.74) is 1.02. The van der Waals surface area contributed by atoms with Gasteiger partial charge in [0.2, 0.25) is 0 Å². The molecule has 1 aromatic carbocycles. The zero-order valence-corrected chi connectivity index (χ0v) is 15.5. The van der Waals surface area contributed by atoms with Gasteiger partial charge >= 0.3 is 6.03 Å². The molecule has 0 bridgehead atoms. The monoisotopic (exact) mass is 370 g/mol. The minimum Gasteiger partial charge on any atom is -0.334 e. The topological polar surface area (TPSA) is 66.5 Å². The number of hydrogen-bond donors (Lipinski definition) is 1. The summed E-state index contributed by atoms with van der Waals surface area (Å²) in [6, 6.07) is 7.38. The lowest BCUT2D eigenvalue weighted by molar-refractivity contribution is 0.132. The molecule has 2 atom stereocenters. The summed E-state index contributed by atoms with van der Waals surface area (Å²) >= 11 is 6.09. The van der Waals surface area contributed by atoms with E-state index in [9.17, 15) is 13.2 Å². The van der Waals surface area contributed by atoms with Crippen LogP contribution in [0.25, 0.3) is 0 Å². The molecule has 24 heavy (non-hydrogen) atoms. The minimum absolute atomic E-state index is 0.0219. The van der Waals surface area contributed by atoms with E-state index in [1.807, 2.05) is 24.3 Å². The molecule has 0 aliphatic carbocycles. The summed E-state index contributed by atoms with van der Waals surface area (Å²) in [5, 5.41) is 4.51. The lowest BCUT2D eigenvalue weighted by Crippen LogP contribution is -2.46. The van der Waals surface area contributed by atoms with Crippen LogP contribution in [-0.4, -0.2) is 38.7 Å². The third-order valence-electron chi connectivity index (χ3n) is 4.07. The van der Waals surface area contributed by atoms with Crippen molar-refractivity contribution in [3.8, 4) is 0 Å². The molecule has 1 fully saturated rings. The van der Waals surface area contributed by atoms with E-state index in [0.717, 1.165) is 30.1 Å². The molecule has 1 aromatic rings. The maximum Gasteiger partial charge on any atom is 0.318 e. The van der Waals surface area contributed by atoms with Crippen LogP contribution in [-0.2, 0) is 9.84 Å². The Hall–Kier alpha value is -1.53. The summed E-state index contributed by atoms with van der Waals surface area (Å²) in [6.07, 6.45) is 4.39. The molecule has 1 aliphatic heterocycles. The number of carbonyl (C=O) groups is 1. The van der Waals surface area contributed by atoms with Crippen LogP contribution in [0.2, 0.25) is 5.02 Å². The molecule has 0 spiro atoms. The second-order valence-electron chi connectivity index (χ2n) is 6.28. The Balaban J connectivity index is 2.08. The predicted octanol–water partition coefficient (Wildman–Crippen LogP) is 3.38. The van der Waals surface area contributed by atoms with Gasteiger partial charge in [-0.25, -0.2) is 13.2 Å². The second kappa shape index (κ2) is 8.03. The molecule has 2 rings (SSSR count). The van der Waals surface area contributed by atoms with Crippen molar-refractivity contribution in [3.05, 3.63) is 46.3 Å². The van der Waals surface area contributed by atoms with Gasteiger partial charge in [-0.3, -0.25) is 0 Å². The molecule has 0 radical (unpaired) electrons. The van der Waals surface area contributed by atoms with Crippen LogP contribution < -0.4 is 5.32 Å². The van der Waals surface area contributed by atoms with E-state index in [1.165, 1.54) is 6.08 Å². The molecule has 0 saturated carbocycles. The first-order valence-electron chi connectivity index (χ1n) is 7.93. The van der Waals surface area contributed by atoms with Gasteiger partial charge in [0, 0.05) is 29.8 Å². The summed E-state index contributed by atoms with van der Waals surface area (Å²) in [4.78, 5) is 14.3. The van der Waals surface area contributed by atoms with Crippen molar-refractivity contribution in [1.82, 2.24) is 10.2 Å². The van der Waals surface area contributed by atoms with Crippen LogP contribution in [0, 0.1) is 5.92 Å². The molecule has 0 aromatic heterocycles. The number of nitrogens with one attached hydrogen (secondary N) is 1. The van der Waals surface area contributed by atoms with Gasteiger partial charge in [0.1, 0.15) is 0 Å². The van der Waals surface area contributed by atoms with Gasteiger partial charge in [0.05, 0.1) is 6.04 Å². The number of piperidine rings is 1. The fourth-order valence-corrected chi connectivity index (χ4v) is 3.53. The lowest BCUT2D eigenvalue weighted by atomic mass is 9.88. The smallest absolute Gasteiger partial charge is 0.318 e. The number of benzene rings is 1. The summed E-state index contributed by atoms with van der Waals surface area (Å²) in [5.74, 6) is 0.531. The van der Waals surface area contributed by atoms with Gasteiger partial charge in [0.25, 0.3) is 0 Å². The number of nitrogens with zero attached hydrogens (tertiary/aromatic N) is 1. The molecule has 132 valence electrons. The van der Waals surface area contributed by atoms with E-state index in [-0.39, 0.29) is 18.6 Å². The van der Waals surface area contributed by atoms with E-state index in [2.05, 4.69) is 12.2 Å². The van der Waals surface area contributed by atoms with Crippen LogP contribution in [0.4, 0.5) is 4.79 Å². The van der Waals surface area contributed by atoms with Crippen LogP contribution in [0.5, 0.6) is 0 Å². The number of rotatable bonds is 4. The number of halogens is 1. The predicted molar refractivity (Wildman–Crippen MR) is 96.7 cm³/mol. The third-order valence-corrected chi connectivity index (χ3v) is 5.00. The second-order valence-corrected chi connectivity index (χ2v) is 8.65. The molecule has 7 heteroatoms. The molecule has 1 N–H and O–H groups in total. The number of carbonyl (C=O) groups excluding carboxylic acids is 1. The zero-order chi connectivity index (χ0) is 17.7. The Morgan fingerprint density at radius 3 is 2.88 bits per heavy atom. The van der Waals surface area contributed by atoms with Crippen LogP contribution in [0.15, 0.2) is 35.7 Å². The van der Waals surface area contributed by atoms with E-state index >= 15 is 0 Å². The Morgan fingerprint density at radius 2 is 2.21 bits per heavy atom. The third kappa shape index (κ3) is 5.53. The number of likely N-dealkylation sites (tertiary alicyclic amines) is 1. The molecular formula is C17H23ClN2O3S. The Bertz CT molecular complexity index is 718. The summed E-state index contributed by atoms with van der Waals surface area (Å²) in [7, 11) is -3.17. The molecule has 1 saturated heterocycles. The highest BCUT2D eigenvalue weighted by Crippen LogP contribution is 2.34. The van der Waals surface area contributed by atoms with Crippen molar-refractivity contribution < 1.29 is 13.2 Å². The van der Waals surface area contributed by atoms with Gasteiger partial charge in [-0.1, -0.05) is 36.7 Å². The van der Waals surface area contributed by atoms with Crippen LogP contribution >= 0.6 is 11.6 Å². The zero-order valence-electron chi connectivity index (χ0n) is 13.9. The number of hydrogen-bond acceptors (Lipinski definition) is 3. The number of urea groups is 1. The van der Waals surface area contributed by atoms with Crippen LogP contribution in [0.1, 0.15) is 31.4 Å². The average molecular weight is 371 g/mol. The standard InChI is InChI=1S/C17H23ClN2O3S/c1-13-7-9-20(17(21)19-8-4-10-24(2,22)23)16(11-13)14-5-3-6-15(18)12-14/h3-6,10,12-13,16H,7-9,11H2,1-2H3,(H,19,21)/b10-4+. The maximum atomic E-state index is 12.5. The van der Waals surface area contributed by atoms with E-state index in [1.54, 1.807) is 4.90 Å². The van der Waals surface area contributed by atoms with E-state index in [0.29, 0.717) is 17.5 Å². The maximum absolute atomic E-state index is 12.5.